The molecule has 1 fully saturated rings. The molecule has 0 bridgehead atoms. The highest BCUT2D eigenvalue weighted by Crippen LogP contribution is 2.13. The molecule has 3 nitrogen and oxygen atoms in total. The van der Waals surface area contributed by atoms with Crippen LogP contribution >= 0.6 is 0 Å². The summed E-state index contributed by atoms with van der Waals surface area (Å²) in [6.45, 7) is 7.53. The Hall–Kier alpha value is -1.19. The molecule has 1 aliphatic heterocycles. The Balaban J connectivity index is 2.00. The zero-order valence-electron chi connectivity index (χ0n) is 11.3. The van der Waals surface area contributed by atoms with Crippen LogP contribution in [0, 0.1) is 13.8 Å². The third-order valence-electron chi connectivity index (χ3n) is 3.47. The molecule has 2 rings (SSSR count). The van der Waals surface area contributed by atoms with E-state index >= 15 is 0 Å². The average Bonchev–Trinajstić information content (AvgIpc) is 2.32. The Morgan fingerprint density at radius 1 is 1.33 bits per heavy atom. The number of carbonyl (C=O) groups is 1. The SMILES string of the molecule is Cc1ccc(C(=O)CC2COCC(C)N2)cc1C. The average molecular weight is 247 g/mol. The molecule has 1 aromatic carbocycles. The Morgan fingerprint density at radius 2 is 2.11 bits per heavy atom. The van der Waals surface area contributed by atoms with Crippen molar-refractivity contribution in [2.75, 3.05) is 13.2 Å². The second-order valence-electron chi connectivity index (χ2n) is 5.23. The minimum absolute atomic E-state index is 0.142. The molecule has 0 amide bonds. The van der Waals surface area contributed by atoms with Gasteiger partial charge in [-0.15, -0.1) is 0 Å². The molecule has 1 saturated heterocycles. The maximum Gasteiger partial charge on any atom is 0.164 e. The van der Waals surface area contributed by atoms with E-state index in [1.807, 2.05) is 25.1 Å². The van der Waals surface area contributed by atoms with Crippen molar-refractivity contribution in [2.24, 2.45) is 0 Å². The Bertz CT molecular complexity index is 442. The molecule has 1 N–H and O–H groups in total. The third-order valence-corrected chi connectivity index (χ3v) is 3.47. The molecule has 3 heteroatoms. The molecule has 0 spiro atoms. The van der Waals surface area contributed by atoms with Crippen molar-refractivity contribution in [1.29, 1.82) is 0 Å². The fourth-order valence-corrected chi connectivity index (χ4v) is 2.26. The maximum atomic E-state index is 12.2. The van der Waals surface area contributed by atoms with E-state index < -0.39 is 0 Å². The molecule has 2 atom stereocenters. The van der Waals surface area contributed by atoms with E-state index in [1.54, 1.807) is 0 Å². The first-order chi connectivity index (χ1) is 8.56. The minimum atomic E-state index is 0.142. The minimum Gasteiger partial charge on any atom is -0.378 e. The smallest absolute Gasteiger partial charge is 0.164 e. The van der Waals surface area contributed by atoms with Gasteiger partial charge in [-0.25, -0.2) is 0 Å². The molecule has 0 aliphatic carbocycles. The van der Waals surface area contributed by atoms with Gasteiger partial charge in [0, 0.05) is 24.1 Å². The summed E-state index contributed by atoms with van der Waals surface area (Å²) < 4.78 is 5.46. The van der Waals surface area contributed by atoms with E-state index in [0.717, 1.165) is 12.2 Å². The molecule has 2 unspecified atom stereocenters. The van der Waals surface area contributed by atoms with Gasteiger partial charge in [-0.3, -0.25) is 4.79 Å². The van der Waals surface area contributed by atoms with Crippen LogP contribution in [0.4, 0.5) is 0 Å². The summed E-state index contributed by atoms with van der Waals surface area (Å²) in [5.74, 6) is 0.188. The van der Waals surface area contributed by atoms with Gasteiger partial charge in [0.15, 0.2) is 5.78 Å². The third kappa shape index (κ3) is 3.18. The summed E-state index contributed by atoms with van der Waals surface area (Å²) in [6.07, 6.45) is 0.507. The van der Waals surface area contributed by atoms with Gasteiger partial charge >= 0.3 is 0 Å². The topological polar surface area (TPSA) is 38.3 Å². The van der Waals surface area contributed by atoms with Crippen molar-refractivity contribution in [1.82, 2.24) is 5.32 Å². The molecular weight excluding hydrogens is 226 g/mol. The van der Waals surface area contributed by atoms with Gasteiger partial charge in [-0.05, 0) is 38.0 Å². The lowest BCUT2D eigenvalue weighted by Crippen LogP contribution is -2.48. The van der Waals surface area contributed by atoms with Crippen molar-refractivity contribution in [3.05, 3.63) is 34.9 Å². The van der Waals surface area contributed by atoms with Crippen LogP contribution in [-0.4, -0.2) is 31.1 Å². The van der Waals surface area contributed by atoms with E-state index in [9.17, 15) is 4.79 Å². The number of rotatable bonds is 3. The zero-order valence-corrected chi connectivity index (χ0v) is 11.3. The van der Waals surface area contributed by atoms with Gasteiger partial charge in [-0.2, -0.15) is 0 Å². The number of Topliss-reactive ketones (excluding diaryl/α,β-unsaturated/α-hetero) is 1. The standard InChI is InChI=1S/C15H21NO2/c1-10-4-5-13(6-11(10)2)15(17)7-14-9-18-8-12(3)16-14/h4-6,12,14,16H,7-9H2,1-3H3. The number of nitrogens with one attached hydrogen (secondary N) is 1. The Morgan fingerprint density at radius 3 is 2.78 bits per heavy atom. The first-order valence-corrected chi connectivity index (χ1v) is 6.50. The molecule has 1 aliphatic rings. The highest BCUT2D eigenvalue weighted by atomic mass is 16.5. The number of ketones is 1. The molecule has 0 radical (unpaired) electrons. The van der Waals surface area contributed by atoms with Gasteiger partial charge < -0.3 is 10.1 Å². The number of benzene rings is 1. The number of aryl methyl sites for hydroxylation is 2. The molecule has 1 heterocycles. The van der Waals surface area contributed by atoms with Crippen molar-refractivity contribution in [3.8, 4) is 0 Å². The molecule has 0 aromatic heterocycles. The van der Waals surface area contributed by atoms with Gasteiger partial charge in [0.25, 0.3) is 0 Å². The summed E-state index contributed by atoms with van der Waals surface area (Å²) >= 11 is 0. The lowest BCUT2D eigenvalue weighted by Gasteiger charge is -2.28. The first kappa shape index (κ1) is 13.2. The second-order valence-corrected chi connectivity index (χ2v) is 5.23. The number of ether oxygens (including phenoxy) is 1. The normalized spacial score (nSPS) is 23.9. The highest BCUT2D eigenvalue weighted by molar-refractivity contribution is 5.96. The van der Waals surface area contributed by atoms with Crippen molar-refractivity contribution in [3.63, 3.8) is 0 Å². The predicted molar refractivity (Wildman–Crippen MR) is 72.1 cm³/mol. The van der Waals surface area contributed by atoms with Crippen molar-refractivity contribution in [2.45, 2.75) is 39.3 Å². The number of carbonyl (C=O) groups excluding carboxylic acids is 1. The van der Waals surface area contributed by atoms with Gasteiger partial charge in [0.1, 0.15) is 0 Å². The van der Waals surface area contributed by atoms with E-state index in [4.69, 9.17) is 4.74 Å². The van der Waals surface area contributed by atoms with Crippen LogP contribution in [0.5, 0.6) is 0 Å². The van der Waals surface area contributed by atoms with E-state index in [-0.39, 0.29) is 11.8 Å². The van der Waals surface area contributed by atoms with Crippen molar-refractivity contribution >= 4 is 5.78 Å². The summed E-state index contributed by atoms with van der Waals surface area (Å²) in [6, 6.07) is 6.37. The van der Waals surface area contributed by atoms with Crippen LogP contribution in [0.3, 0.4) is 0 Å². The van der Waals surface area contributed by atoms with E-state index in [2.05, 4.69) is 19.2 Å². The summed E-state index contributed by atoms with van der Waals surface area (Å²) in [5.41, 5.74) is 3.19. The van der Waals surface area contributed by atoms with Crippen LogP contribution < -0.4 is 5.32 Å². The van der Waals surface area contributed by atoms with Crippen LogP contribution in [0.1, 0.15) is 34.8 Å². The Kier molecular flexibility index (Phi) is 4.15. The summed E-state index contributed by atoms with van der Waals surface area (Å²) in [5, 5.41) is 3.40. The van der Waals surface area contributed by atoms with Crippen LogP contribution in [-0.2, 0) is 4.74 Å². The number of hydrogen-bond donors (Lipinski definition) is 1. The fraction of sp³-hybridized carbons (Fsp3) is 0.533. The number of morpholine rings is 1. The Labute approximate surface area is 109 Å². The van der Waals surface area contributed by atoms with Gasteiger partial charge in [0.05, 0.1) is 13.2 Å². The summed E-state index contributed by atoms with van der Waals surface area (Å²) in [4.78, 5) is 12.2. The quantitative estimate of drug-likeness (QED) is 0.833. The zero-order chi connectivity index (χ0) is 13.1. The van der Waals surface area contributed by atoms with Crippen LogP contribution in [0.25, 0.3) is 0 Å². The predicted octanol–water partition coefficient (Wildman–Crippen LogP) is 2.25. The monoisotopic (exact) mass is 247 g/mol. The van der Waals surface area contributed by atoms with Crippen molar-refractivity contribution < 1.29 is 9.53 Å². The first-order valence-electron chi connectivity index (χ1n) is 6.50. The molecule has 0 saturated carbocycles. The highest BCUT2D eigenvalue weighted by Gasteiger charge is 2.21. The van der Waals surface area contributed by atoms with E-state index in [1.165, 1.54) is 11.1 Å². The summed E-state index contributed by atoms with van der Waals surface area (Å²) in [7, 11) is 0. The van der Waals surface area contributed by atoms with Gasteiger partial charge in [-0.1, -0.05) is 12.1 Å². The van der Waals surface area contributed by atoms with Crippen LogP contribution in [0.2, 0.25) is 0 Å². The molecule has 18 heavy (non-hydrogen) atoms. The van der Waals surface area contributed by atoms with Gasteiger partial charge in [0.2, 0.25) is 0 Å². The lowest BCUT2D eigenvalue weighted by molar-refractivity contribution is 0.0463. The fourth-order valence-electron chi connectivity index (χ4n) is 2.26. The molecule has 98 valence electrons. The lowest BCUT2D eigenvalue weighted by atomic mass is 9.99. The second kappa shape index (κ2) is 5.63. The van der Waals surface area contributed by atoms with E-state index in [0.29, 0.717) is 19.1 Å². The number of hydrogen-bond acceptors (Lipinski definition) is 3. The molecule has 1 aromatic rings. The molecular formula is C15H21NO2. The van der Waals surface area contributed by atoms with Crippen LogP contribution in [0.15, 0.2) is 18.2 Å². The largest absolute Gasteiger partial charge is 0.378 e. The maximum absolute atomic E-state index is 12.2.